The van der Waals surface area contributed by atoms with E-state index in [0.29, 0.717) is 5.56 Å². The predicted molar refractivity (Wildman–Crippen MR) is 87.0 cm³/mol. The van der Waals surface area contributed by atoms with E-state index >= 15 is 0 Å². The Hall–Kier alpha value is -1.85. The number of benzene rings is 2. The largest absolute Gasteiger partial charge is 0.388 e. The van der Waals surface area contributed by atoms with Gasteiger partial charge in [-0.25, -0.2) is 13.1 Å². The minimum atomic E-state index is -3.50. The first kappa shape index (κ1) is 15.5. The van der Waals surface area contributed by atoms with Crippen LogP contribution < -0.4 is 10.0 Å². The van der Waals surface area contributed by atoms with Gasteiger partial charge < -0.3 is 5.32 Å². The fraction of sp³-hybridized carbons (Fsp3) is 0.250. The van der Waals surface area contributed by atoms with Crippen LogP contribution in [-0.2, 0) is 16.4 Å². The van der Waals surface area contributed by atoms with Gasteiger partial charge >= 0.3 is 0 Å². The van der Waals surface area contributed by atoms with E-state index < -0.39 is 10.0 Å². The predicted octanol–water partition coefficient (Wildman–Crippen LogP) is 2.87. The van der Waals surface area contributed by atoms with Gasteiger partial charge in [-0.05, 0) is 31.2 Å². The van der Waals surface area contributed by atoms with E-state index in [4.69, 9.17) is 0 Å². The monoisotopic (exact) mass is 304 g/mol. The SMILES string of the molecule is CCc1ccc(-c2ccccc2S(=O)(=O)NC)c(NC)c1. The lowest BCUT2D eigenvalue weighted by atomic mass is 10.0. The van der Waals surface area contributed by atoms with Gasteiger partial charge in [0.15, 0.2) is 0 Å². The molecule has 0 aliphatic carbocycles. The van der Waals surface area contributed by atoms with Crippen LogP contribution >= 0.6 is 0 Å². The van der Waals surface area contributed by atoms with Crippen molar-refractivity contribution in [1.29, 1.82) is 0 Å². The second kappa shape index (κ2) is 6.28. The van der Waals surface area contributed by atoms with Gasteiger partial charge in [0.1, 0.15) is 0 Å². The van der Waals surface area contributed by atoms with Gasteiger partial charge in [0.25, 0.3) is 0 Å². The molecule has 0 radical (unpaired) electrons. The Morgan fingerprint density at radius 1 is 1.00 bits per heavy atom. The molecular formula is C16H20N2O2S. The van der Waals surface area contributed by atoms with Crippen molar-refractivity contribution in [3.63, 3.8) is 0 Å². The third-order valence-electron chi connectivity index (χ3n) is 3.50. The van der Waals surface area contributed by atoms with Gasteiger partial charge in [0.05, 0.1) is 4.90 Å². The molecule has 0 atom stereocenters. The van der Waals surface area contributed by atoms with Crippen molar-refractivity contribution >= 4 is 15.7 Å². The average Bonchev–Trinajstić information content (AvgIpc) is 2.54. The van der Waals surface area contributed by atoms with Crippen LogP contribution in [0, 0.1) is 0 Å². The molecule has 2 N–H and O–H groups in total. The Labute approximate surface area is 126 Å². The van der Waals surface area contributed by atoms with E-state index in [1.165, 1.54) is 12.6 Å². The van der Waals surface area contributed by atoms with E-state index in [2.05, 4.69) is 23.0 Å². The van der Waals surface area contributed by atoms with Crippen molar-refractivity contribution in [2.24, 2.45) is 0 Å². The third-order valence-corrected chi connectivity index (χ3v) is 4.97. The van der Waals surface area contributed by atoms with Crippen LogP contribution in [0.2, 0.25) is 0 Å². The molecule has 4 nitrogen and oxygen atoms in total. The lowest BCUT2D eigenvalue weighted by molar-refractivity contribution is 0.588. The van der Waals surface area contributed by atoms with Crippen LogP contribution in [0.5, 0.6) is 0 Å². The van der Waals surface area contributed by atoms with Gasteiger partial charge in [0, 0.05) is 23.9 Å². The Morgan fingerprint density at radius 3 is 2.33 bits per heavy atom. The summed E-state index contributed by atoms with van der Waals surface area (Å²) in [6.45, 7) is 2.09. The summed E-state index contributed by atoms with van der Waals surface area (Å²) >= 11 is 0. The molecule has 2 rings (SSSR count). The molecule has 2 aromatic carbocycles. The van der Waals surface area contributed by atoms with Gasteiger partial charge in [0.2, 0.25) is 10.0 Å². The number of aryl methyl sites for hydroxylation is 1. The topological polar surface area (TPSA) is 58.2 Å². The van der Waals surface area contributed by atoms with Crippen molar-refractivity contribution < 1.29 is 8.42 Å². The normalized spacial score (nSPS) is 11.4. The lowest BCUT2D eigenvalue weighted by Crippen LogP contribution is -2.19. The first-order valence-electron chi connectivity index (χ1n) is 6.87. The summed E-state index contributed by atoms with van der Waals surface area (Å²) in [5, 5.41) is 3.15. The second-order valence-electron chi connectivity index (χ2n) is 4.69. The molecule has 0 fully saturated rings. The molecule has 0 aliphatic rings. The number of nitrogens with one attached hydrogen (secondary N) is 2. The van der Waals surface area contributed by atoms with Gasteiger partial charge in [-0.2, -0.15) is 0 Å². The number of sulfonamides is 1. The van der Waals surface area contributed by atoms with Crippen molar-refractivity contribution in [2.45, 2.75) is 18.2 Å². The number of rotatable bonds is 5. The standard InChI is InChI=1S/C16H20N2O2S/c1-4-12-9-10-13(15(11-12)17-2)14-7-5-6-8-16(14)21(19,20)18-3/h5-11,17-18H,4H2,1-3H3. The van der Waals surface area contributed by atoms with Gasteiger partial charge in [-0.3, -0.25) is 0 Å². The summed E-state index contributed by atoms with van der Waals surface area (Å²) in [6, 6.07) is 13.1. The third kappa shape index (κ3) is 3.09. The Bertz CT molecular complexity index is 740. The Balaban J connectivity index is 2.68. The zero-order valence-corrected chi connectivity index (χ0v) is 13.3. The van der Waals surface area contributed by atoms with Crippen LogP contribution in [0.4, 0.5) is 5.69 Å². The molecule has 21 heavy (non-hydrogen) atoms. The fourth-order valence-corrected chi connectivity index (χ4v) is 3.23. The lowest BCUT2D eigenvalue weighted by Gasteiger charge is -2.14. The van der Waals surface area contributed by atoms with Crippen LogP contribution in [0.25, 0.3) is 11.1 Å². The minimum absolute atomic E-state index is 0.285. The maximum Gasteiger partial charge on any atom is 0.240 e. The van der Waals surface area contributed by atoms with Gasteiger partial charge in [-0.1, -0.05) is 37.3 Å². The molecular weight excluding hydrogens is 284 g/mol. The molecule has 2 aromatic rings. The molecule has 0 saturated carbocycles. The van der Waals surface area contributed by atoms with Crippen LogP contribution in [0.3, 0.4) is 0 Å². The maximum absolute atomic E-state index is 12.2. The molecule has 0 unspecified atom stereocenters. The molecule has 0 amide bonds. The molecule has 0 heterocycles. The van der Waals surface area contributed by atoms with E-state index in [1.54, 1.807) is 12.1 Å². The highest BCUT2D eigenvalue weighted by molar-refractivity contribution is 7.89. The molecule has 0 bridgehead atoms. The zero-order valence-electron chi connectivity index (χ0n) is 12.5. The highest BCUT2D eigenvalue weighted by atomic mass is 32.2. The fourth-order valence-electron chi connectivity index (χ4n) is 2.29. The van der Waals surface area contributed by atoms with E-state index in [0.717, 1.165) is 17.7 Å². The van der Waals surface area contributed by atoms with Gasteiger partial charge in [-0.15, -0.1) is 0 Å². The molecule has 112 valence electrons. The molecule has 0 aromatic heterocycles. The summed E-state index contributed by atoms with van der Waals surface area (Å²) in [5.74, 6) is 0. The minimum Gasteiger partial charge on any atom is -0.388 e. The van der Waals surface area contributed by atoms with Crippen molar-refractivity contribution in [3.8, 4) is 11.1 Å². The summed E-state index contributed by atoms with van der Waals surface area (Å²) < 4.78 is 26.8. The smallest absolute Gasteiger partial charge is 0.240 e. The highest BCUT2D eigenvalue weighted by Gasteiger charge is 2.18. The molecule has 0 saturated heterocycles. The first-order chi connectivity index (χ1) is 10.0. The van der Waals surface area contributed by atoms with Crippen molar-refractivity contribution in [2.75, 3.05) is 19.4 Å². The van der Waals surface area contributed by atoms with Crippen LogP contribution in [0.1, 0.15) is 12.5 Å². The number of anilines is 1. The number of hydrogen-bond donors (Lipinski definition) is 2. The molecule has 5 heteroatoms. The highest BCUT2D eigenvalue weighted by Crippen LogP contribution is 2.33. The van der Waals surface area contributed by atoms with Crippen LogP contribution in [0.15, 0.2) is 47.4 Å². The zero-order chi connectivity index (χ0) is 15.5. The van der Waals surface area contributed by atoms with Crippen molar-refractivity contribution in [1.82, 2.24) is 4.72 Å². The summed E-state index contributed by atoms with van der Waals surface area (Å²) in [6.07, 6.45) is 0.936. The Morgan fingerprint density at radius 2 is 1.71 bits per heavy atom. The average molecular weight is 304 g/mol. The van der Waals surface area contributed by atoms with Crippen molar-refractivity contribution in [3.05, 3.63) is 48.0 Å². The number of hydrogen-bond acceptors (Lipinski definition) is 3. The first-order valence-corrected chi connectivity index (χ1v) is 8.35. The van der Waals surface area contributed by atoms with E-state index in [-0.39, 0.29) is 4.90 Å². The van der Waals surface area contributed by atoms with E-state index in [9.17, 15) is 8.42 Å². The molecule has 0 spiro atoms. The van der Waals surface area contributed by atoms with E-state index in [1.807, 2.05) is 31.3 Å². The van der Waals surface area contributed by atoms with Crippen LogP contribution in [-0.4, -0.2) is 22.5 Å². The quantitative estimate of drug-likeness (QED) is 0.893. The summed E-state index contributed by atoms with van der Waals surface area (Å²) in [4.78, 5) is 0.285. The summed E-state index contributed by atoms with van der Waals surface area (Å²) in [5.41, 5.74) is 3.70. The summed E-state index contributed by atoms with van der Waals surface area (Å²) in [7, 11) is -0.233. The maximum atomic E-state index is 12.2. The second-order valence-corrected chi connectivity index (χ2v) is 6.54. The molecule has 0 aliphatic heterocycles. The Kier molecular flexibility index (Phi) is 4.65.